The molecule has 0 aromatic carbocycles. The fourth-order valence-corrected chi connectivity index (χ4v) is 4.19. The maximum absolute atomic E-state index is 12.0. The minimum atomic E-state index is -4.47. The smallest absolute Gasteiger partial charge is 0.305 e. The Hall–Kier alpha value is -0.500. The molecule has 0 aliphatic rings. The molecule has 0 N–H and O–H groups in total. The van der Waals surface area contributed by atoms with E-state index in [-0.39, 0.29) is 26.2 Å². The number of nitrogens with zero attached hydrogens (tertiary/aromatic N) is 1. The van der Waals surface area contributed by atoms with Crippen molar-refractivity contribution in [2.45, 2.75) is 110 Å². The van der Waals surface area contributed by atoms with Gasteiger partial charge in [-0.25, -0.2) is 0 Å². The van der Waals surface area contributed by atoms with Crippen molar-refractivity contribution in [3.8, 4) is 0 Å². The summed E-state index contributed by atoms with van der Waals surface area (Å²) in [6.07, 6.45) is 16.1. The average molecular weight is 524 g/mol. The standard InChI is InChI=1S/C26H54NO7P/c1-6-8-9-10-11-12-13-14-15-16-17-18-19-21-31-23-25(34-26(28)7-2)24-33-35(29,30)32-22-20-27(3,4)5/h25H,6-24H2,1-5H3. The van der Waals surface area contributed by atoms with Gasteiger partial charge in [0.1, 0.15) is 19.3 Å². The van der Waals surface area contributed by atoms with E-state index in [1.54, 1.807) is 6.92 Å². The summed E-state index contributed by atoms with van der Waals surface area (Å²) in [4.78, 5) is 23.7. The lowest BCUT2D eigenvalue weighted by Gasteiger charge is -2.28. The van der Waals surface area contributed by atoms with Gasteiger partial charge < -0.3 is 27.9 Å². The summed E-state index contributed by atoms with van der Waals surface area (Å²) < 4.78 is 33.3. The molecule has 8 nitrogen and oxygen atoms in total. The summed E-state index contributed by atoms with van der Waals surface area (Å²) >= 11 is 0. The lowest BCUT2D eigenvalue weighted by molar-refractivity contribution is -0.870. The van der Waals surface area contributed by atoms with Crippen molar-refractivity contribution in [3.05, 3.63) is 0 Å². The minimum absolute atomic E-state index is 0.0270. The van der Waals surface area contributed by atoms with Crippen LogP contribution in [0.1, 0.15) is 104 Å². The largest absolute Gasteiger partial charge is 0.756 e. The molecule has 2 atom stereocenters. The molecule has 0 rings (SSSR count). The van der Waals surface area contributed by atoms with Crippen LogP contribution in [0.5, 0.6) is 0 Å². The van der Waals surface area contributed by atoms with Crippen molar-refractivity contribution >= 4 is 13.8 Å². The number of carbonyl (C=O) groups is 1. The molecule has 0 fully saturated rings. The van der Waals surface area contributed by atoms with Crippen LogP contribution in [0.25, 0.3) is 0 Å². The molecule has 0 heterocycles. The molecule has 0 bridgehead atoms. The lowest BCUT2D eigenvalue weighted by Crippen LogP contribution is -2.37. The number of ether oxygens (including phenoxy) is 2. The zero-order valence-electron chi connectivity index (χ0n) is 23.3. The monoisotopic (exact) mass is 523 g/mol. The van der Waals surface area contributed by atoms with Gasteiger partial charge in [-0.2, -0.15) is 0 Å². The summed E-state index contributed by atoms with van der Waals surface area (Å²) in [7, 11) is 1.35. The van der Waals surface area contributed by atoms with E-state index in [0.717, 1.165) is 12.8 Å². The summed E-state index contributed by atoms with van der Waals surface area (Å²) in [5.41, 5.74) is 0. The molecule has 9 heteroatoms. The van der Waals surface area contributed by atoms with E-state index in [4.69, 9.17) is 18.5 Å². The predicted molar refractivity (Wildman–Crippen MR) is 139 cm³/mol. The highest BCUT2D eigenvalue weighted by molar-refractivity contribution is 7.45. The van der Waals surface area contributed by atoms with E-state index in [1.165, 1.54) is 70.6 Å². The van der Waals surface area contributed by atoms with E-state index in [2.05, 4.69) is 6.92 Å². The molecule has 0 saturated carbocycles. The maximum Gasteiger partial charge on any atom is 0.305 e. The van der Waals surface area contributed by atoms with Crippen molar-refractivity contribution in [1.29, 1.82) is 0 Å². The van der Waals surface area contributed by atoms with Crippen LogP contribution in [-0.4, -0.2) is 70.7 Å². The fourth-order valence-electron chi connectivity index (χ4n) is 3.46. The highest BCUT2D eigenvalue weighted by Crippen LogP contribution is 2.38. The Bertz CT molecular complexity index is 554. The third kappa shape index (κ3) is 25.0. The van der Waals surface area contributed by atoms with Gasteiger partial charge in [0.05, 0.1) is 34.4 Å². The van der Waals surface area contributed by atoms with E-state index in [1.807, 2.05) is 21.1 Å². The van der Waals surface area contributed by atoms with Crippen LogP contribution in [0, 0.1) is 0 Å². The number of carbonyl (C=O) groups excluding carboxylic acids is 1. The molecule has 0 aromatic heterocycles. The molecule has 0 saturated heterocycles. The van der Waals surface area contributed by atoms with Crippen LogP contribution in [0.2, 0.25) is 0 Å². The zero-order chi connectivity index (χ0) is 26.4. The van der Waals surface area contributed by atoms with Gasteiger partial charge in [0.15, 0.2) is 0 Å². The average Bonchev–Trinajstić information content (AvgIpc) is 2.78. The van der Waals surface area contributed by atoms with Gasteiger partial charge in [-0.1, -0.05) is 90.9 Å². The number of quaternary nitrogens is 1. The SMILES string of the molecule is CCCCCCCCCCCCCCCOCC(COP(=O)([O-])OCC[N+](C)(C)C)OC(=O)CC. The maximum atomic E-state index is 12.0. The Morgan fingerprint density at radius 1 is 0.771 bits per heavy atom. The molecule has 210 valence electrons. The Kier molecular flexibility index (Phi) is 21.3. The van der Waals surface area contributed by atoms with Crippen LogP contribution in [0.3, 0.4) is 0 Å². The highest BCUT2D eigenvalue weighted by Gasteiger charge is 2.19. The molecule has 0 aromatic rings. The molecule has 0 amide bonds. The zero-order valence-corrected chi connectivity index (χ0v) is 24.2. The first-order chi connectivity index (χ1) is 16.6. The Balaban J connectivity index is 3.91. The van der Waals surface area contributed by atoms with Crippen LogP contribution in [0.4, 0.5) is 0 Å². The molecule has 0 spiro atoms. The summed E-state index contributed by atoms with van der Waals surface area (Å²) in [5, 5.41) is 0. The number of phosphoric ester groups is 1. The molecular formula is C26H54NO7P. The number of esters is 1. The summed E-state index contributed by atoms with van der Waals surface area (Å²) in [5.74, 6) is -0.421. The minimum Gasteiger partial charge on any atom is -0.756 e. The van der Waals surface area contributed by atoms with Gasteiger partial charge in [-0.05, 0) is 6.42 Å². The van der Waals surface area contributed by atoms with Gasteiger partial charge in [0, 0.05) is 13.0 Å². The second kappa shape index (κ2) is 21.6. The Morgan fingerprint density at radius 3 is 1.77 bits per heavy atom. The first-order valence-corrected chi connectivity index (χ1v) is 15.2. The number of hydrogen-bond acceptors (Lipinski definition) is 7. The topological polar surface area (TPSA) is 94.1 Å². The molecule has 2 unspecified atom stereocenters. The van der Waals surface area contributed by atoms with E-state index < -0.39 is 19.9 Å². The van der Waals surface area contributed by atoms with Gasteiger partial charge in [0.25, 0.3) is 7.82 Å². The second-order valence-corrected chi connectivity index (χ2v) is 11.8. The first kappa shape index (κ1) is 34.5. The predicted octanol–water partition coefficient (Wildman–Crippen LogP) is 5.62. The van der Waals surface area contributed by atoms with E-state index in [9.17, 15) is 14.3 Å². The van der Waals surface area contributed by atoms with Gasteiger partial charge in [0.2, 0.25) is 0 Å². The molecule has 0 aliphatic heterocycles. The molecule has 35 heavy (non-hydrogen) atoms. The van der Waals surface area contributed by atoms with Crippen molar-refractivity contribution < 1.29 is 37.3 Å². The quantitative estimate of drug-likeness (QED) is 0.0663. The number of rotatable bonds is 25. The van der Waals surface area contributed by atoms with Crippen LogP contribution in [-0.2, 0) is 27.9 Å². The number of hydrogen-bond donors (Lipinski definition) is 0. The number of likely N-dealkylation sites (N-methyl/N-ethyl adjacent to an activating group) is 1. The summed E-state index contributed by atoms with van der Waals surface area (Å²) in [6.45, 7) is 4.82. The van der Waals surface area contributed by atoms with E-state index >= 15 is 0 Å². The summed E-state index contributed by atoms with van der Waals surface area (Å²) in [6, 6.07) is 0. The molecule has 0 aliphatic carbocycles. The van der Waals surface area contributed by atoms with Crippen molar-refractivity contribution in [3.63, 3.8) is 0 Å². The Morgan fingerprint density at radius 2 is 1.29 bits per heavy atom. The highest BCUT2D eigenvalue weighted by atomic mass is 31.2. The van der Waals surface area contributed by atoms with E-state index in [0.29, 0.717) is 17.6 Å². The van der Waals surface area contributed by atoms with Gasteiger partial charge in [-0.15, -0.1) is 0 Å². The van der Waals surface area contributed by atoms with Gasteiger partial charge in [-0.3, -0.25) is 9.36 Å². The normalized spacial score (nSPS) is 14.6. The van der Waals surface area contributed by atoms with Crippen LogP contribution >= 0.6 is 7.82 Å². The molecular weight excluding hydrogens is 469 g/mol. The van der Waals surface area contributed by atoms with Gasteiger partial charge >= 0.3 is 5.97 Å². The van der Waals surface area contributed by atoms with Crippen molar-refractivity contribution in [1.82, 2.24) is 0 Å². The van der Waals surface area contributed by atoms with Crippen molar-refractivity contribution in [2.24, 2.45) is 0 Å². The fraction of sp³-hybridized carbons (Fsp3) is 0.962. The van der Waals surface area contributed by atoms with Crippen LogP contribution in [0.15, 0.2) is 0 Å². The third-order valence-corrected chi connectivity index (χ3v) is 6.68. The first-order valence-electron chi connectivity index (χ1n) is 13.8. The molecule has 0 radical (unpaired) electrons. The second-order valence-electron chi connectivity index (χ2n) is 10.4. The lowest BCUT2D eigenvalue weighted by atomic mass is 10.0. The van der Waals surface area contributed by atoms with Crippen molar-refractivity contribution in [2.75, 3.05) is 54.1 Å². The third-order valence-electron chi connectivity index (χ3n) is 5.71. The number of phosphoric acid groups is 1. The van der Waals surface area contributed by atoms with Crippen LogP contribution < -0.4 is 4.89 Å². The Labute approximate surface area is 215 Å². The number of unbranched alkanes of at least 4 members (excludes halogenated alkanes) is 12.